The van der Waals surface area contributed by atoms with E-state index in [4.69, 9.17) is 4.74 Å². The van der Waals surface area contributed by atoms with Gasteiger partial charge >= 0.3 is 0 Å². The van der Waals surface area contributed by atoms with Crippen molar-refractivity contribution in [3.63, 3.8) is 0 Å². The topological polar surface area (TPSA) is 21.3 Å². The molecule has 0 radical (unpaired) electrons. The van der Waals surface area contributed by atoms with E-state index in [0.29, 0.717) is 6.04 Å². The number of hydrogen-bond donors (Lipinski definition) is 1. The van der Waals surface area contributed by atoms with E-state index in [1.165, 1.54) is 42.0 Å². The average Bonchev–Trinajstić information content (AvgIpc) is 3.34. The zero-order valence-corrected chi connectivity index (χ0v) is 13.1. The number of nitrogens with one attached hydrogen (secondary N) is 1. The number of methoxy groups -OCH3 is 1. The Labute approximate surface area is 127 Å². The predicted octanol–water partition coefficient (Wildman–Crippen LogP) is 4.52. The maximum absolute atomic E-state index is 5.28. The van der Waals surface area contributed by atoms with Gasteiger partial charge in [0.05, 0.1) is 7.11 Å². The molecule has 2 heteroatoms. The summed E-state index contributed by atoms with van der Waals surface area (Å²) in [7, 11) is 1.71. The minimum atomic E-state index is 0.670. The quantitative estimate of drug-likeness (QED) is 0.807. The molecule has 112 valence electrons. The largest absolute Gasteiger partial charge is 0.497 e. The van der Waals surface area contributed by atoms with Crippen LogP contribution in [-0.2, 0) is 6.54 Å². The fourth-order valence-corrected chi connectivity index (χ4v) is 2.92. The van der Waals surface area contributed by atoms with Gasteiger partial charge in [-0.2, -0.15) is 0 Å². The molecule has 3 rings (SSSR count). The van der Waals surface area contributed by atoms with Gasteiger partial charge in [-0.1, -0.05) is 38.0 Å². The number of ether oxygens (including phenoxy) is 1. The van der Waals surface area contributed by atoms with Crippen LogP contribution in [0.5, 0.6) is 5.75 Å². The molecule has 0 amide bonds. The second-order valence-electron chi connectivity index (χ2n) is 6.21. The Kier molecular flexibility index (Phi) is 4.45. The number of hydrogen-bond acceptors (Lipinski definition) is 2. The molecule has 0 saturated heterocycles. The van der Waals surface area contributed by atoms with Gasteiger partial charge in [0.2, 0.25) is 0 Å². The predicted molar refractivity (Wildman–Crippen MR) is 88.8 cm³/mol. The van der Waals surface area contributed by atoms with Crippen LogP contribution in [0.25, 0.3) is 10.8 Å². The highest BCUT2D eigenvalue weighted by atomic mass is 16.5. The van der Waals surface area contributed by atoms with Crippen LogP contribution in [0.2, 0.25) is 0 Å². The maximum Gasteiger partial charge on any atom is 0.119 e. The molecule has 1 N–H and O–H groups in total. The van der Waals surface area contributed by atoms with Gasteiger partial charge in [0.1, 0.15) is 5.75 Å². The second-order valence-corrected chi connectivity index (χ2v) is 6.21. The monoisotopic (exact) mass is 283 g/mol. The van der Waals surface area contributed by atoms with Crippen LogP contribution in [0.1, 0.15) is 38.2 Å². The van der Waals surface area contributed by atoms with Crippen molar-refractivity contribution in [1.82, 2.24) is 5.32 Å². The Balaban J connectivity index is 1.66. The van der Waals surface area contributed by atoms with E-state index in [1.807, 2.05) is 6.07 Å². The molecular weight excluding hydrogens is 258 g/mol. The van der Waals surface area contributed by atoms with Crippen LogP contribution in [0.15, 0.2) is 36.4 Å². The van der Waals surface area contributed by atoms with Crippen molar-refractivity contribution in [1.29, 1.82) is 0 Å². The molecule has 1 unspecified atom stereocenters. The molecule has 1 atom stereocenters. The third-order valence-corrected chi connectivity index (χ3v) is 4.51. The molecule has 2 nitrogen and oxygen atoms in total. The zero-order chi connectivity index (χ0) is 14.7. The Hall–Kier alpha value is -1.54. The van der Waals surface area contributed by atoms with Crippen molar-refractivity contribution < 1.29 is 4.74 Å². The molecule has 0 aromatic heterocycles. The van der Waals surface area contributed by atoms with E-state index < -0.39 is 0 Å². The fourth-order valence-electron chi connectivity index (χ4n) is 2.92. The lowest BCUT2D eigenvalue weighted by molar-refractivity contribution is 0.415. The van der Waals surface area contributed by atoms with Crippen molar-refractivity contribution in [2.75, 3.05) is 7.11 Å². The molecule has 0 aliphatic heterocycles. The molecule has 1 saturated carbocycles. The SMILES string of the molecule is CCC(CC1CC1)NCc1ccc2cc(OC)ccc2c1. The lowest BCUT2D eigenvalue weighted by Gasteiger charge is -2.17. The van der Waals surface area contributed by atoms with Gasteiger partial charge in [0.15, 0.2) is 0 Å². The first-order chi connectivity index (χ1) is 10.3. The van der Waals surface area contributed by atoms with Gasteiger partial charge in [-0.3, -0.25) is 0 Å². The summed E-state index contributed by atoms with van der Waals surface area (Å²) in [6.45, 7) is 3.25. The van der Waals surface area contributed by atoms with Gasteiger partial charge in [0.25, 0.3) is 0 Å². The molecule has 2 aromatic carbocycles. The van der Waals surface area contributed by atoms with E-state index in [1.54, 1.807) is 7.11 Å². The first-order valence-corrected chi connectivity index (χ1v) is 8.08. The van der Waals surface area contributed by atoms with Gasteiger partial charge in [-0.05, 0) is 53.3 Å². The molecule has 0 bridgehead atoms. The zero-order valence-electron chi connectivity index (χ0n) is 13.1. The van der Waals surface area contributed by atoms with Gasteiger partial charge in [-0.25, -0.2) is 0 Å². The van der Waals surface area contributed by atoms with Crippen molar-refractivity contribution >= 4 is 10.8 Å². The minimum Gasteiger partial charge on any atom is -0.497 e. The molecule has 1 fully saturated rings. The highest BCUT2D eigenvalue weighted by Gasteiger charge is 2.24. The van der Waals surface area contributed by atoms with Crippen LogP contribution in [-0.4, -0.2) is 13.2 Å². The standard InChI is InChI=1S/C19H25NO/c1-3-18(11-14-4-5-14)20-13-15-6-7-17-12-19(21-2)9-8-16(17)10-15/h6-10,12,14,18,20H,3-5,11,13H2,1-2H3. The molecule has 1 aliphatic carbocycles. The third-order valence-electron chi connectivity index (χ3n) is 4.51. The van der Waals surface area contributed by atoms with E-state index in [0.717, 1.165) is 18.2 Å². The summed E-state index contributed by atoms with van der Waals surface area (Å²) >= 11 is 0. The Morgan fingerprint density at radius 3 is 2.62 bits per heavy atom. The summed E-state index contributed by atoms with van der Waals surface area (Å²) in [6.07, 6.45) is 5.45. The minimum absolute atomic E-state index is 0.670. The summed E-state index contributed by atoms with van der Waals surface area (Å²) in [6, 6.07) is 13.6. The fraction of sp³-hybridized carbons (Fsp3) is 0.474. The normalized spacial score (nSPS) is 16.1. The van der Waals surface area contributed by atoms with Crippen LogP contribution in [0.3, 0.4) is 0 Å². The maximum atomic E-state index is 5.28. The van der Waals surface area contributed by atoms with Crippen LogP contribution < -0.4 is 10.1 Å². The Morgan fingerprint density at radius 2 is 1.90 bits per heavy atom. The summed E-state index contributed by atoms with van der Waals surface area (Å²) in [5.74, 6) is 1.91. The average molecular weight is 283 g/mol. The lowest BCUT2D eigenvalue weighted by Crippen LogP contribution is -2.28. The second kappa shape index (κ2) is 6.48. The molecule has 0 spiro atoms. The van der Waals surface area contributed by atoms with Crippen LogP contribution in [0, 0.1) is 5.92 Å². The molecule has 2 aromatic rings. The number of fused-ring (bicyclic) bond motifs is 1. The highest BCUT2D eigenvalue weighted by molar-refractivity contribution is 5.84. The molecule has 1 aliphatic rings. The van der Waals surface area contributed by atoms with Gasteiger partial charge < -0.3 is 10.1 Å². The Morgan fingerprint density at radius 1 is 1.14 bits per heavy atom. The summed E-state index contributed by atoms with van der Waals surface area (Å²) in [5.41, 5.74) is 1.36. The number of benzene rings is 2. The van der Waals surface area contributed by atoms with E-state index >= 15 is 0 Å². The van der Waals surface area contributed by atoms with E-state index in [9.17, 15) is 0 Å². The molecule has 0 heterocycles. The van der Waals surface area contributed by atoms with Crippen molar-refractivity contribution in [2.45, 2.75) is 45.2 Å². The summed E-state index contributed by atoms with van der Waals surface area (Å²) < 4.78 is 5.28. The number of rotatable bonds is 7. The molecule has 21 heavy (non-hydrogen) atoms. The van der Waals surface area contributed by atoms with E-state index in [2.05, 4.69) is 42.6 Å². The van der Waals surface area contributed by atoms with Crippen molar-refractivity contribution in [3.8, 4) is 5.75 Å². The van der Waals surface area contributed by atoms with Crippen LogP contribution in [0.4, 0.5) is 0 Å². The van der Waals surface area contributed by atoms with Gasteiger partial charge in [-0.15, -0.1) is 0 Å². The highest BCUT2D eigenvalue weighted by Crippen LogP contribution is 2.34. The molecular formula is C19H25NO. The van der Waals surface area contributed by atoms with E-state index in [-0.39, 0.29) is 0 Å². The lowest BCUT2D eigenvalue weighted by atomic mass is 10.0. The van der Waals surface area contributed by atoms with Crippen LogP contribution >= 0.6 is 0 Å². The van der Waals surface area contributed by atoms with Crippen molar-refractivity contribution in [3.05, 3.63) is 42.0 Å². The first-order valence-electron chi connectivity index (χ1n) is 8.08. The summed E-state index contributed by atoms with van der Waals surface area (Å²) in [5, 5.41) is 6.24. The third kappa shape index (κ3) is 3.76. The van der Waals surface area contributed by atoms with Crippen molar-refractivity contribution in [2.24, 2.45) is 5.92 Å². The first kappa shape index (κ1) is 14.4. The summed E-state index contributed by atoms with van der Waals surface area (Å²) in [4.78, 5) is 0. The Bertz CT molecular complexity index is 604. The smallest absolute Gasteiger partial charge is 0.119 e. The van der Waals surface area contributed by atoms with Gasteiger partial charge in [0, 0.05) is 12.6 Å².